The Bertz CT molecular complexity index is 907. The van der Waals surface area contributed by atoms with E-state index in [1.807, 2.05) is 18.2 Å². The molecule has 0 aliphatic heterocycles. The van der Waals surface area contributed by atoms with Crippen LogP contribution in [0.15, 0.2) is 42.5 Å². The largest absolute Gasteiger partial charge is 0.493 e. The van der Waals surface area contributed by atoms with Crippen molar-refractivity contribution >= 4 is 35.7 Å². The number of methoxy groups -OCH3 is 2. The second kappa shape index (κ2) is 13.0. The van der Waals surface area contributed by atoms with Gasteiger partial charge in [0.2, 0.25) is 11.8 Å². The summed E-state index contributed by atoms with van der Waals surface area (Å²) in [4.78, 5) is 23.8. The second-order valence-corrected chi connectivity index (χ2v) is 6.41. The fraction of sp³-hybridized carbons (Fsp3) is 0.286. The number of rotatable bonds is 11. The van der Waals surface area contributed by atoms with Crippen molar-refractivity contribution < 1.29 is 19.1 Å². The van der Waals surface area contributed by atoms with Crippen LogP contribution in [0.25, 0.3) is 0 Å². The van der Waals surface area contributed by atoms with E-state index in [4.69, 9.17) is 20.6 Å². The van der Waals surface area contributed by atoms with E-state index >= 15 is 0 Å². The molecule has 2 aromatic carbocycles. The number of carbonyl (C=O) groups excluding carboxylic acids is 2. The van der Waals surface area contributed by atoms with Crippen molar-refractivity contribution in [1.82, 2.24) is 10.6 Å². The lowest BCUT2D eigenvalue weighted by molar-refractivity contribution is -0.125. The minimum absolute atomic E-state index is 0. The maximum Gasteiger partial charge on any atom is 0.239 e. The summed E-state index contributed by atoms with van der Waals surface area (Å²) in [5.74, 6) is 0.637. The standard InChI is InChI=1S/C21H27N5O4.ClH/c1-29-17-7-6-14(10-18(17)30-2)8-9-24-19(27)13-26-20(28)12-25-16-5-3-4-15(11-16)21(22)23;/h3-7,10-11,25H,8-9,12-13H2,1-2H3,(H3,22,23)(H,24,27)(H,26,28);1H. The number of ether oxygens (including phenoxy) is 2. The maximum absolute atomic E-state index is 11.9. The number of halogens is 1. The third-order valence-corrected chi connectivity index (χ3v) is 4.26. The highest BCUT2D eigenvalue weighted by Gasteiger charge is 2.07. The molecule has 6 N–H and O–H groups in total. The van der Waals surface area contributed by atoms with Gasteiger partial charge in [-0.3, -0.25) is 15.0 Å². The zero-order chi connectivity index (χ0) is 21.9. The van der Waals surface area contributed by atoms with Crippen LogP contribution in [0, 0.1) is 5.41 Å². The molecule has 0 heterocycles. The van der Waals surface area contributed by atoms with Crippen LogP contribution in [-0.4, -0.2) is 51.5 Å². The third kappa shape index (κ3) is 8.43. The van der Waals surface area contributed by atoms with Gasteiger partial charge in [0.15, 0.2) is 11.5 Å². The van der Waals surface area contributed by atoms with Crippen molar-refractivity contribution in [3.8, 4) is 11.5 Å². The lowest BCUT2D eigenvalue weighted by Crippen LogP contribution is -2.39. The zero-order valence-corrected chi connectivity index (χ0v) is 18.3. The molecule has 9 nitrogen and oxygen atoms in total. The number of benzene rings is 2. The number of anilines is 1. The molecule has 0 fully saturated rings. The molecule has 0 bridgehead atoms. The van der Waals surface area contributed by atoms with Gasteiger partial charge in [-0.05, 0) is 36.2 Å². The number of hydrogen-bond acceptors (Lipinski definition) is 6. The summed E-state index contributed by atoms with van der Waals surface area (Å²) < 4.78 is 10.5. The highest BCUT2D eigenvalue weighted by molar-refractivity contribution is 5.96. The molecule has 0 aromatic heterocycles. The first kappa shape index (κ1) is 25.6. The van der Waals surface area contributed by atoms with Crippen molar-refractivity contribution in [1.29, 1.82) is 5.41 Å². The van der Waals surface area contributed by atoms with E-state index in [0.29, 0.717) is 35.7 Å². The average Bonchev–Trinajstić information content (AvgIpc) is 2.76. The maximum atomic E-state index is 11.9. The van der Waals surface area contributed by atoms with Gasteiger partial charge in [0.1, 0.15) is 5.84 Å². The van der Waals surface area contributed by atoms with Crippen molar-refractivity contribution in [2.45, 2.75) is 6.42 Å². The lowest BCUT2D eigenvalue weighted by atomic mass is 10.1. The summed E-state index contributed by atoms with van der Waals surface area (Å²) in [6.07, 6.45) is 0.619. The van der Waals surface area contributed by atoms with E-state index < -0.39 is 0 Å². The Balaban J connectivity index is 0.00000480. The fourth-order valence-electron chi connectivity index (χ4n) is 2.67. The zero-order valence-electron chi connectivity index (χ0n) is 17.5. The van der Waals surface area contributed by atoms with Crippen molar-refractivity contribution in [2.75, 3.05) is 39.2 Å². The predicted octanol–water partition coefficient (Wildman–Crippen LogP) is 1.30. The molecule has 0 spiro atoms. The van der Waals surface area contributed by atoms with Gasteiger partial charge in [-0.2, -0.15) is 0 Å². The summed E-state index contributed by atoms with van der Waals surface area (Å²) in [6.45, 7) is 0.320. The lowest BCUT2D eigenvalue weighted by Gasteiger charge is -2.11. The molecule has 0 unspecified atom stereocenters. The molecule has 2 rings (SSSR count). The van der Waals surface area contributed by atoms with Gasteiger partial charge in [0.25, 0.3) is 0 Å². The van der Waals surface area contributed by atoms with Crippen LogP contribution in [0.3, 0.4) is 0 Å². The molecule has 31 heavy (non-hydrogen) atoms. The van der Waals surface area contributed by atoms with Crippen molar-refractivity contribution in [3.63, 3.8) is 0 Å². The Morgan fingerprint density at radius 1 is 0.968 bits per heavy atom. The van der Waals surface area contributed by atoms with Gasteiger partial charge >= 0.3 is 0 Å². The van der Waals surface area contributed by atoms with Gasteiger partial charge in [0, 0.05) is 17.8 Å². The van der Waals surface area contributed by atoms with Crippen LogP contribution >= 0.6 is 12.4 Å². The van der Waals surface area contributed by atoms with E-state index in [0.717, 1.165) is 5.56 Å². The van der Waals surface area contributed by atoms with Crippen LogP contribution in [-0.2, 0) is 16.0 Å². The van der Waals surface area contributed by atoms with E-state index in [-0.39, 0.29) is 43.1 Å². The normalized spacial score (nSPS) is 9.74. The molecule has 0 saturated heterocycles. The number of nitrogen functional groups attached to an aromatic ring is 1. The first-order chi connectivity index (χ1) is 14.4. The quantitative estimate of drug-likeness (QED) is 0.259. The van der Waals surface area contributed by atoms with Crippen LogP contribution in [0.5, 0.6) is 11.5 Å². The molecule has 10 heteroatoms. The average molecular weight is 450 g/mol. The molecular weight excluding hydrogens is 422 g/mol. The Morgan fingerprint density at radius 3 is 2.35 bits per heavy atom. The number of nitrogens with two attached hydrogens (primary N) is 1. The van der Waals surface area contributed by atoms with Crippen LogP contribution < -0.4 is 31.2 Å². The molecular formula is C21H28ClN5O4. The Hall–Kier alpha value is -3.46. The number of nitrogens with one attached hydrogen (secondary N) is 4. The number of carbonyl (C=O) groups is 2. The smallest absolute Gasteiger partial charge is 0.239 e. The van der Waals surface area contributed by atoms with E-state index in [1.54, 1.807) is 38.5 Å². The first-order valence-electron chi connectivity index (χ1n) is 9.35. The van der Waals surface area contributed by atoms with Gasteiger partial charge in [-0.1, -0.05) is 18.2 Å². The molecule has 2 amide bonds. The summed E-state index contributed by atoms with van der Waals surface area (Å²) in [6, 6.07) is 12.5. The van der Waals surface area contributed by atoms with E-state index in [2.05, 4.69) is 16.0 Å². The molecule has 0 aliphatic rings. The minimum atomic E-state index is -0.321. The summed E-state index contributed by atoms with van der Waals surface area (Å²) in [5, 5.41) is 15.7. The van der Waals surface area contributed by atoms with Gasteiger partial charge in [0.05, 0.1) is 27.3 Å². The van der Waals surface area contributed by atoms with Crippen molar-refractivity contribution in [2.24, 2.45) is 5.73 Å². The number of amides is 2. The van der Waals surface area contributed by atoms with Crippen LogP contribution in [0.4, 0.5) is 5.69 Å². The SMILES string of the molecule is COc1ccc(CCNC(=O)CNC(=O)CNc2cccc(C(=N)N)c2)cc1OC.Cl. The fourth-order valence-corrected chi connectivity index (χ4v) is 2.67. The number of hydrogen-bond donors (Lipinski definition) is 5. The minimum Gasteiger partial charge on any atom is -0.493 e. The van der Waals surface area contributed by atoms with Gasteiger partial charge in [-0.15, -0.1) is 12.4 Å². The Kier molecular flexibility index (Phi) is 10.7. The summed E-state index contributed by atoms with van der Waals surface area (Å²) in [5.41, 5.74) is 7.67. The highest BCUT2D eigenvalue weighted by atomic mass is 35.5. The Labute approximate surface area is 187 Å². The second-order valence-electron chi connectivity index (χ2n) is 6.41. The van der Waals surface area contributed by atoms with E-state index in [1.165, 1.54) is 0 Å². The number of amidine groups is 1. The monoisotopic (exact) mass is 449 g/mol. The third-order valence-electron chi connectivity index (χ3n) is 4.26. The molecule has 168 valence electrons. The first-order valence-corrected chi connectivity index (χ1v) is 9.35. The van der Waals surface area contributed by atoms with Crippen LogP contribution in [0.2, 0.25) is 0 Å². The highest BCUT2D eigenvalue weighted by Crippen LogP contribution is 2.27. The molecule has 0 atom stereocenters. The van der Waals surface area contributed by atoms with E-state index in [9.17, 15) is 9.59 Å². The Morgan fingerprint density at radius 2 is 1.68 bits per heavy atom. The van der Waals surface area contributed by atoms with Crippen molar-refractivity contribution in [3.05, 3.63) is 53.6 Å². The molecule has 2 aromatic rings. The summed E-state index contributed by atoms with van der Waals surface area (Å²) in [7, 11) is 3.14. The van der Waals surface area contributed by atoms with Gasteiger partial charge < -0.3 is 31.2 Å². The molecule has 0 radical (unpaired) electrons. The van der Waals surface area contributed by atoms with Gasteiger partial charge in [-0.25, -0.2) is 0 Å². The summed E-state index contributed by atoms with van der Waals surface area (Å²) >= 11 is 0. The van der Waals surface area contributed by atoms with Crippen LogP contribution in [0.1, 0.15) is 11.1 Å². The molecule has 0 aliphatic carbocycles. The topological polar surface area (TPSA) is 139 Å². The predicted molar refractivity (Wildman–Crippen MR) is 122 cm³/mol. The molecule has 0 saturated carbocycles.